The summed E-state index contributed by atoms with van der Waals surface area (Å²) in [6.07, 6.45) is 2.85. The molecule has 62 valence electrons. The van der Waals surface area contributed by atoms with Gasteiger partial charge < -0.3 is 5.73 Å². The molecule has 0 amide bonds. The van der Waals surface area contributed by atoms with Gasteiger partial charge in [0.2, 0.25) is 0 Å². The Balaban J connectivity index is 2.67. The summed E-state index contributed by atoms with van der Waals surface area (Å²) in [5.41, 5.74) is 6.72. The average Bonchev–Trinajstić information content (AvgIpc) is 2.36. The van der Waals surface area contributed by atoms with Crippen molar-refractivity contribution in [2.24, 2.45) is 12.8 Å². The Bertz CT molecular complexity index is 217. The molecule has 0 saturated carbocycles. The molecule has 1 unspecified atom stereocenters. The molecule has 0 bridgehead atoms. The molecule has 0 spiro atoms. The van der Waals surface area contributed by atoms with E-state index >= 15 is 0 Å². The lowest BCUT2D eigenvalue weighted by Crippen LogP contribution is -2.08. The number of aromatic nitrogens is 2. The summed E-state index contributed by atoms with van der Waals surface area (Å²) in [6, 6.07) is 2.04. The minimum absolute atomic E-state index is 0.521. The minimum atomic E-state index is 0.521. The van der Waals surface area contributed by atoms with Crippen LogP contribution in [0.3, 0.4) is 0 Å². The third-order valence-electron chi connectivity index (χ3n) is 1.96. The summed E-state index contributed by atoms with van der Waals surface area (Å²) in [5.74, 6) is 0.521. The topological polar surface area (TPSA) is 43.8 Å². The molecule has 0 radical (unpaired) electrons. The molecule has 0 saturated heterocycles. The van der Waals surface area contributed by atoms with Crippen molar-refractivity contribution in [1.29, 1.82) is 0 Å². The van der Waals surface area contributed by atoms with E-state index in [9.17, 15) is 0 Å². The number of nitrogens with two attached hydrogens (primary N) is 1. The first-order valence-electron chi connectivity index (χ1n) is 3.93. The summed E-state index contributed by atoms with van der Waals surface area (Å²) in [6.45, 7) is 2.91. The van der Waals surface area contributed by atoms with E-state index in [1.54, 1.807) is 0 Å². The van der Waals surface area contributed by atoms with Gasteiger partial charge in [-0.1, -0.05) is 6.92 Å². The SMILES string of the molecule is CC(CCN)c1ccnn1C. The molecule has 3 heteroatoms. The number of aryl methyl sites for hydroxylation is 1. The highest BCUT2D eigenvalue weighted by molar-refractivity contribution is 5.05. The van der Waals surface area contributed by atoms with Gasteiger partial charge in [-0.25, -0.2) is 0 Å². The summed E-state index contributed by atoms with van der Waals surface area (Å²) in [5, 5.41) is 4.10. The average molecular weight is 153 g/mol. The maximum absolute atomic E-state index is 5.46. The van der Waals surface area contributed by atoms with Gasteiger partial charge in [0.05, 0.1) is 0 Å². The Morgan fingerprint density at radius 1 is 1.73 bits per heavy atom. The molecule has 1 atom stereocenters. The van der Waals surface area contributed by atoms with Crippen molar-refractivity contribution in [3.63, 3.8) is 0 Å². The van der Waals surface area contributed by atoms with Gasteiger partial charge in [0.25, 0.3) is 0 Å². The molecule has 0 aliphatic heterocycles. The first-order valence-corrected chi connectivity index (χ1v) is 3.93. The molecule has 0 fully saturated rings. The van der Waals surface area contributed by atoms with Crippen LogP contribution >= 0.6 is 0 Å². The van der Waals surface area contributed by atoms with Crippen LogP contribution in [0.5, 0.6) is 0 Å². The third-order valence-corrected chi connectivity index (χ3v) is 1.96. The van der Waals surface area contributed by atoms with Crippen LogP contribution in [0.15, 0.2) is 12.3 Å². The van der Waals surface area contributed by atoms with E-state index < -0.39 is 0 Å². The quantitative estimate of drug-likeness (QED) is 0.700. The van der Waals surface area contributed by atoms with E-state index in [1.165, 1.54) is 5.69 Å². The number of hydrogen-bond donors (Lipinski definition) is 1. The maximum Gasteiger partial charge on any atom is 0.0492 e. The fraction of sp³-hybridized carbons (Fsp3) is 0.625. The van der Waals surface area contributed by atoms with Gasteiger partial charge in [0.15, 0.2) is 0 Å². The van der Waals surface area contributed by atoms with Crippen molar-refractivity contribution in [3.05, 3.63) is 18.0 Å². The van der Waals surface area contributed by atoms with Gasteiger partial charge in [-0.15, -0.1) is 0 Å². The lowest BCUT2D eigenvalue weighted by atomic mass is 10.0. The Morgan fingerprint density at radius 2 is 2.45 bits per heavy atom. The van der Waals surface area contributed by atoms with Gasteiger partial charge in [-0.3, -0.25) is 4.68 Å². The summed E-state index contributed by atoms with van der Waals surface area (Å²) < 4.78 is 1.90. The molecule has 0 aliphatic carbocycles. The third kappa shape index (κ3) is 1.80. The number of rotatable bonds is 3. The highest BCUT2D eigenvalue weighted by atomic mass is 15.3. The minimum Gasteiger partial charge on any atom is -0.330 e. The molecule has 0 aliphatic rings. The van der Waals surface area contributed by atoms with Crippen molar-refractivity contribution in [1.82, 2.24) is 9.78 Å². The lowest BCUT2D eigenvalue weighted by molar-refractivity contribution is 0.607. The molecule has 1 aromatic heterocycles. The number of hydrogen-bond acceptors (Lipinski definition) is 2. The highest BCUT2D eigenvalue weighted by Crippen LogP contribution is 2.16. The molecule has 0 aromatic carbocycles. The van der Waals surface area contributed by atoms with E-state index in [0.717, 1.165) is 13.0 Å². The van der Waals surface area contributed by atoms with Gasteiger partial charge >= 0.3 is 0 Å². The van der Waals surface area contributed by atoms with E-state index in [2.05, 4.69) is 12.0 Å². The second-order valence-corrected chi connectivity index (χ2v) is 2.86. The number of nitrogens with zero attached hydrogens (tertiary/aromatic N) is 2. The van der Waals surface area contributed by atoms with Crippen LogP contribution in [0.4, 0.5) is 0 Å². The van der Waals surface area contributed by atoms with Crippen molar-refractivity contribution in [2.45, 2.75) is 19.3 Å². The van der Waals surface area contributed by atoms with Crippen molar-refractivity contribution >= 4 is 0 Å². The molecule has 1 heterocycles. The van der Waals surface area contributed by atoms with Gasteiger partial charge in [0.1, 0.15) is 0 Å². The lowest BCUT2D eigenvalue weighted by Gasteiger charge is -2.09. The van der Waals surface area contributed by atoms with E-state index in [-0.39, 0.29) is 0 Å². The van der Waals surface area contributed by atoms with Gasteiger partial charge in [-0.05, 0) is 24.9 Å². The zero-order chi connectivity index (χ0) is 8.27. The Hall–Kier alpha value is -0.830. The van der Waals surface area contributed by atoms with E-state index in [0.29, 0.717) is 5.92 Å². The summed E-state index contributed by atoms with van der Waals surface area (Å²) in [4.78, 5) is 0. The first kappa shape index (κ1) is 8.27. The van der Waals surface area contributed by atoms with Gasteiger partial charge in [-0.2, -0.15) is 5.10 Å². The molecular formula is C8H15N3. The van der Waals surface area contributed by atoms with Crippen LogP contribution in [0.2, 0.25) is 0 Å². The van der Waals surface area contributed by atoms with Crippen LogP contribution in [0.1, 0.15) is 25.0 Å². The van der Waals surface area contributed by atoms with Crippen LogP contribution in [-0.2, 0) is 7.05 Å². The normalized spacial score (nSPS) is 13.4. The monoisotopic (exact) mass is 153 g/mol. The predicted molar refractivity (Wildman–Crippen MR) is 45.3 cm³/mol. The molecule has 1 rings (SSSR count). The van der Waals surface area contributed by atoms with Crippen LogP contribution in [-0.4, -0.2) is 16.3 Å². The van der Waals surface area contributed by atoms with Crippen LogP contribution in [0.25, 0.3) is 0 Å². The predicted octanol–water partition coefficient (Wildman–Crippen LogP) is 0.872. The molecule has 3 nitrogen and oxygen atoms in total. The Morgan fingerprint density at radius 3 is 2.91 bits per heavy atom. The second kappa shape index (κ2) is 3.53. The standard InChI is InChI=1S/C8H15N3/c1-7(3-5-9)8-4-6-10-11(8)2/h4,6-7H,3,5,9H2,1-2H3. The fourth-order valence-corrected chi connectivity index (χ4v) is 1.27. The molecular weight excluding hydrogens is 138 g/mol. The van der Waals surface area contributed by atoms with E-state index in [1.807, 2.05) is 24.0 Å². The largest absolute Gasteiger partial charge is 0.330 e. The molecule has 1 aromatic rings. The van der Waals surface area contributed by atoms with Crippen LogP contribution in [0, 0.1) is 0 Å². The maximum atomic E-state index is 5.46. The van der Waals surface area contributed by atoms with Crippen molar-refractivity contribution in [2.75, 3.05) is 6.54 Å². The van der Waals surface area contributed by atoms with Crippen molar-refractivity contribution < 1.29 is 0 Å². The molecule has 11 heavy (non-hydrogen) atoms. The summed E-state index contributed by atoms with van der Waals surface area (Å²) in [7, 11) is 1.96. The van der Waals surface area contributed by atoms with Crippen molar-refractivity contribution in [3.8, 4) is 0 Å². The van der Waals surface area contributed by atoms with Gasteiger partial charge in [0, 0.05) is 18.9 Å². The highest BCUT2D eigenvalue weighted by Gasteiger charge is 2.06. The van der Waals surface area contributed by atoms with Crippen LogP contribution < -0.4 is 5.73 Å². The zero-order valence-corrected chi connectivity index (χ0v) is 7.12. The molecule has 2 N–H and O–H groups in total. The fourth-order valence-electron chi connectivity index (χ4n) is 1.27. The Labute approximate surface area is 67.2 Å². The second-order valence-electron chi connectivity index (χ2n) is 2.86. The smallest absolute Gasteiger partial charge is 0.0492 e. The summed E-state index contributed by atoms with van der Waals surface area (Å²) >= 11 is 0. The van der Waals surface area contributed by atoms with E-state index in [4.69, 9.17) is 5.73 Å². The first-order chi connectivity index (χ1) is 5.25. The Kier molecular flexibility index (Phi) is 2.65. The zero-order valence-electron chi connectivity index (χ0n) is 7.12.